The van der Waals surface area contributed by atoms with Crippen LogP contribution in [0, 0.1) is 0 Å². The van der Waals surface area contributed by atoms with Crippen LogP contribution >= 0.6 is 12.4 Å². The standard InChI is InChI=1S/C20H24N4O2.ClH/c21-17-13-24(12-16(17)14-6-2-1-3-7-14)19(25)15-10-18(22-11-15)20(26)23-8-4-5-9-23;/h1-3,6-7,10-11,16-17,22H,4-5,8-9,12-13,21H2;1H/t16-,17+;/m0./s1. The number of hydrogen-bond acceptors (Lipinski definition) is 3. The van der Waals surface area contributed by atoms with Crippen LogP contribution in [0.15, 0.2) is 42.6 Å². The largest absolute Gasteiger partial charge is 0.356 e. The zero-order chi connectivity index (χ0) is 18.1. The summed E-state index contributed by atoms with van der Waals surface area (Å²) < 4.78 is 0. The van der Waals surface area contributed by atoms with Crippen molar-refractivity contribution in [3.63, 3.8) is 0 Å². The van der Waals surface area contributed by atoms with Crippen molar-refractivity contribution in [3.05, 3.63) is 59.4 Å². The fourth-order valence-electron chi connectivity index (χ4n) is 3.96. The second-order valence-corrected chi connectivity index (χ2v) is 7.19. The third-order valence-corrected chi connectivity index (χ3v) is 5.43. The number of carbonyl (C=O) groups excluding carboxylic acids is 2. The molecule has 144 valence electrons. The number of aromatic nitrogens is 1. The first kappa shape index (κ1) is 19.5. The van der Waals surface area contributed by atoms with E-state index in [0.717, 1.165) is 31.5 Å². The van der Waals surface area contributed by atoms with Crippen LogP contribution < -0.4 is 5.73 Å². The molecule has 1 aromatic heterocycles. The summed E-state index contributed by atoms with van der Waals surface area (Å²) in [4.78, 5) is 31.9. The topological polar surface area (TPSA) is 82.4 Å². The molecule has 27 heavy (non-hydrogen) atoms. The molecule has 6 nitrogen and oxygen atoms in total. The monoisotopic (exact) mass is 388 g/mol. The number of carbonyl (C=O) groups is 2. The minimum atomic E-state index is -0.0778. The summed E-state index contributed by atoms with van der Waals surface area (Å²) >= 11 is 0. The summed E-state index contributed by atoms with van der Waals surface area (Å²) in [6, 6.07) is 11.7. The van der Waals surface area contributed by atoms with Gasteiger partial charge in [0.25, 0.3) is 11.8 Å². The molecule has 2 fully saturated rings. The van der Waals surface area contributed by atoms with Crippen molar-refractivity contribution in [2.45, 2.75) is 24.8 Å². The van der Waals surface area contributed by atoms with Crippen LogP contribution in [-0.4, -0.2) is 58.8 Å². The predicted octanol–water partition coefficient (Wildman–Crippen LogP) is 2.24. The Morgan fingerprint density at radius 2 is 1.70 bits per heavy atom. The first-order valence-corrected chi connectivity index (χ1v) is 9.21. The van der Waals surface area contributed by atoms with Gasteiger partial charge in [-0.3, -0.25) is 9.59 Å². The van der Waals surface area contributed by atoms with Crippen molar-refractivity contribution in [1.29, 1.82) is 0 Å². The number of H-pyrrole nitrogens is 1. The highest BCUT2D eigenvalue weighted by molar-refractivity contribution is 5.99. The van der Waals surface area contributed by atoms with Gasteiger partial charge in [0.05, 0.1) is 5.56 Å². The molecule has 1 aromatic carbocycles. The van der Waals surface area contributed by atoms with E-state index in [0.29, 0.717) is 24.3 Å². The van der Waals surface area contributed by atoms with Gasteiger partial charge in [0, 0.05) is 44.3 Å². The minimum absolute atomic E-state index is 0. The average Bonchev–Trinajstić information content (AvgIpc) is 3.41. The van der Waals surface area contributed by atoms with Gasteiger partial charge >= 0.3 is 0 Å². The highest BCUT2D eigenvalue weighted by atomic mass is 35.5. The first-order valence-electron chi connectivity index (χ1n) is 9.21. The van der Waals surface area contributed by atoms with Gasteiger partial charge in [-0.1, -0.05) is 30.3 Å². The summed E-state index contributed by atoms with van der Waals surface area (Å²) in [5, 5.41) is 0. The highest BCUT2D eigenvalue weighted by Gasteiger charge is 2.34. The molecule has 0 radical (unpaired) electrons. The molecule has 7 heteroatoms. The highest BCUT2D eigenvalue weighted by Crippen LogP contribution is 2.27. The number of likely N-dealkylation sites (tertiary alicyclic amines) is 2. The maximum absolute atomic E-state index is 12.9. The number of rotatable bonds is 3. The molecule has 3 N–H and O–H groups in total. The average molecular weight is 389 g/mol. The van der Waals surface area contributed by atoms with Gasteiger partial charge in [-0.2, -0.15) is 0 Å². The summed E-state index contributed by atoms with van der Waals surface area (Å²) in [5.41, 5.74) is 8.46. The third-order valence-electron chi connectivity index (χ3n) is 5.43. The Morgan fingerprint density at radius 3 is 2.41 bits per heavy atom. The molecule has 2 saturated heterocycles. The number of nitrogens with one attached hydrogen (secondary N) is 1. The fourth-order valence-corrected chi connectivity index (χ4v) is 3.96. The van der Waals surface area contributed by atoms with Crippen molar-refractivity contribution in [3.8, 4) is 0 Å². The SMILES string of the molecule is Cl.N[C@@H]1CN(C(=O)c2c[nH]c(C(=O)N3CCCC3)c2)C[C@H]1c1ccccc1. The van der Waals surface area contributed by atoms with E-state index in [9.17, 15) is 9.59 Å². The number of benzene rings is 1. The lowest BCUT2D eigenvalue weighted by atomic mass is 9.95. The number of amides is 2. The molecule has 4 rings (SSSR count). The number of hydrogen-bond donors (Lipinski definition) is 2. The predicted molar refractivity (Wildman–Crippen MR) is 106 cm³/mol. The lowest BCUT2D eigenvalue weighted by Crippen LogP contribution is -2.32. The lowest BCUT2D eigenvalue weighted by molar-refractivity contribution is 0.0786. The number of aromatic amines is 1. The van der Waals surface area contributed by atoms with Gasteiger partial charge in [0.2, 0.25) is 0 Å². The molecule has 2 aliphatic rings. The van der Waals surface area contributed by atoms with E-state index < -0.39 is 0 Å². The summed E-state index contributed by atoms with van der Waals surface area (Å²) in [5.74, 6) is 0.0437. The van der Waals surface area contributed by atoms with E-state index in [1.165, 1.54) is 0 Å². The molecule has 0 bridgehead atoms. The van der Waals surface area contributed by atoms with E-state index in [2.05, 4.69) is 17.1 Å². The Labute approximate surface area is 165 Å². The van der Waals surface area contributed by atoms with E-state index in [4.69, 9.17) is 5.73 Å². The van der Waals surface area contributed by atoms with E-state index in [1.54, 1.807) is 17.2 Å². The molecule has 0 spiro atoms. The Bertz CT molecular complexity index is 801. The van der Waals surface area contributed by atoms with Crippen LogP contribution in [-0.2, 0) is 0 Å². The van der Waals surface area contributed by atoms with Crippen LogP contribution in [0.2, 0.25) is 0 Å². The Hall–Kier alpha value is -2.31. The van der Waals surface area contributed by atoms with Gasteiger partial charge in [-0.25, -0.2) is 0 Å². The van der Waals surface area contributed by atoms with Crippen LogP contribution in [0.25, 0.3) is 0 Å². The number of halogens is 1. The smallest absolute Gasteiger partial charge is 0.270 e. The zero-order valence-electron chi connectivity index (χ0n) is 15.1. The maximum Gasteiger partial charge on any atom is 0.270 e. The third kappa shape index (κ3) is 3.87. The van der Waals surface area contributed by atoms with Gasteiger partial charge in [-0.15, -0.1) is 12.4 Å². The maximum atomic E-state index is 12.9. The zero-order valence-corrected chi connectivity index (χ0v) is 16.0. The molecule has 0 unspecified atom stereocenters. The molecular weight excluding hydrogens is 364 g/mol. The quantitative estimate of drug-likeness (QED) is 0.845. The molecule has 0 aliphatic carbocycles. The summed E-state index contributed by atoms with van der Waals surface area (Å²) in [6.45, 7) is 2.71. The molecule has 2 atom stereocenters. The normalized spacial score (nSPS) is 22.0. The second kappa shape index (κ2) is 8.15. The molecule has 2 amide bonds. The van der Waals surface area contributed by atoms with E-state index in [-0.39, 0.29) is 36.2 Å². The van der Waals surface area contributed by atoms with Gasteiger partial charge in [-0.05, 0) is 24.5 Å². The van der Waals surface area contributed by atoms with Crippen molar-refractivity contribution in [1.82, 2.24) is 14.8 Å². The molecular formula is C20H25ClN4O2. The summed E-state index contributed by atoms with van der Waals surface area (Å²) in [6.07, 6.45) is 3.72. The Morgan fingerprint density at radius 1 is 1.00 bits per heavy atom. The molecule has 3 heterocycles. The summed E-state index contributed by atoms with van der Waals surface area (Å²) in [7, 11) is 0. The van der Waals surface area contributed by atoms with E-state index >= 15 is 0 Å². The molecule has 2 aromatic rings. The first-order chi connectivity index (χ1) is 12.6. The van der Waals surface area contributed by atoms with Gasteiger partial charge in [0.1, 0.15) is 5.69 Å². The molecule has 0 saturated carbocycles. The van der Waals surface area contributed by atoms with Crippen LogP contribution in [0.3, 0.4) is 0 Å². The van der Waals surface area contributed by atoms with Crippen molar-refractivity contribution in [2.75, 3.05) is 26.2 Å². The second-order valence-electron chi connectivity index (χ2n) is 7.19. The van der Waals surface area contributed by atoms with Crippen LogP contribution in [0.5, 0.6) is 0 Å². The Kier molecular flexibility index (Phi) is 5.87. The van der Waals surface area contributed by atoms with Crippen LogP contribution in [0.1, 0.15) is 45.2 Å². The van der Waals surface area contributed by atoms with Gasteiger partial charge < -0.3 is 20.5 Å². The van der Waals surface area contributed by atoms with Gasteiger partial charge in [0.15, 0.2) is 0 Å². The lowest BCUT2D eigenvalue weighted by Gasteiger charge is -2.16. The number of nitrogens with zero attached hydrogens (tertiary/aromatic N) is 2. The molecule has 2 aliphatic heterocycles. The Balaban J connectivity index is 0.00000210. The van der Waals surface area contributed by atoms with Crippen molar-refractivity contribution in [2.24, 2.45) is 5.73 Å². The van der Waals surface area contributed by atoms with Crippen LogP contribution in [0.4, 0.5) is 0 Å². The van der Waals surface area contributed by atoms with Crippen molar-refractivity contribution >= 4 is 24.2 Å². The fraction of sp³-hybridized carbons (Fsp3) is 0.400. The number of nitrogens with two attached hydrogens (primary N) is 1. The van der Waals surface area contributed by atoms with E-state index in [1.807, 2.05) is 23.1 Å². The van der Waals surface area contributed by atoms with Crippen molar-refractivity contribution < 1.29 is 9.59 Å². The minimum Gasteiger partial charge on any atom is -0.356 e.